The molecular weight excluding hydrogens is 409 g/mol. The first kappa shape index (κ1) is 23.2. The second kappa shape index (κ2) is 8.06. The summed E-state index contributed by atoms with van der Waals surface area (Å²) in [4.78, 5) is 24.3. The SMILES string of the molecule is C=CC(=O)OC(OCC(F)(F)S(=O)(=O)O)(C(=O)N1CCCCC1)C(F)(F)F. The number of carbonyl (C=O) groups is 2. The normalized spacial score (nSPS) is 18.5. The molecule has 1 amide bonds. The maximum Gasteiger partial charge on any atom is 0.466 e. The zero-order valence-corrected chi connectivity index (χ0v) is 14.5. The van der Waals surface area contributed by atoms with Crippen molar-refractivity contribution in [3.05, 3.63) is 12.7 Å². The molecule has 14 heteroatoms. The predicted octanol–water partition coefficient (Wildman–Crippen LogP) is 1.48. The standard InChI is InChI=1S/C13H16F5NO7S/c1-2-9(20)26-12(13(16,17)18,10(21)19-6-4-3-5-7-19)25-8-11(14,15)27(22,23)24/h2H,1,3-8H2,(H,22,23,24). The Balaban J connectivity index is 3.36. The van der Waals surface area contributed by atoms with Crippen molar-refractivity contribution in [2.75, 3.05) is 19.7 Å². The van der Waals surface area contributed by atoms with Crippen LogP contribution in [0.4, 0.5) is 22.0 Å². The predicted molar refractivity (Wildman–Crippen MR) is 78.0 cm³/mol. The van der Waals surface area contributed by atoms with Gasteiger partial charge in [-0.25, -0.2) is 4.79 Å². The number of carbonyl (C=O) groups excluding carboxylic acids is 2. The third kappa shape index (κ3) is 5.13. The lowest BCUT2D eigenvalue weighted by Crippen LogP contribution is -2.63. The minimum absolute atomic E-state index is 0.194. The zero-order valence-electron chi connectivity index (χ0n) is 13.7. The van der Waals surface area contributed by atoms with Gasteiger partial charge >= 0.3 is 39.2 Å². The summed E-state index contributed by atoms with van der Waals surface area (Å²) in [6.07, 6.45) is -4.42. The summed E-state index contributed by atoms with van der Waals surface area (Å²) in [5.41, 5.74) is 0. The Morgan fingerprint density at radius 1 is 1.11 bits per heavy atom. The molecule has 1 N–H and O–H groups in total. The van der Waals surface area contributed by atoms with E-state index in [-0.39, 0.29) is 19.2 Å². The van der Waals surface area contributed by atoms with Crippen LogP contribution >= 0.6 is 0 Å². The van der Waals surface area contributed by atoms with Gasteiger partial charge in [-0.3, -0.25) is 9.35 Å². The van der Waals surface area contributed by atoms with E-state index >= 15 is 0 Å². The van der Waals surface area contributed by atoms with E-state index in [0.29, 0.717) is 24.2 Å². The van der Waals surface area contributed by atoms with Gasteiger partial charge < -0.3 is 14.4 Å². The Kier molecular flexibility index (Phi) is 6.94. The van der Waals surface area contributed by atoms with E-state index < -0.39 is 45.8 Å². The maximum atomic E-state index is 13.6. The number of amides is 1. The number of esters is 1. The van der Waals surface area contributed by atoms with E-state index in [0.717, 1.165) is 0 Å². The van der Waals surface area contributed by atoms with Gasteiger partial charge in [0.05, 0.1) is 0 Å². The molecular formula is C13H16F5NO7S. The molecule has 1 fully saturated rings. The molecule has 1 aliphatic heterocycles. The minimum atomic E-state index is -6.17. The molecule has 156 valence electrons. The molecule has 1 saturated heterocycles. The molecule has 0 bridgehead atoms. The van der Waals surface area contributed by atoms with Gasteiger partial charge in [0.25, 0.3) is 0 Å². The van der Waals surface area contributed by atoms with Crippen LogP contribution in [-0.2, 0) is 29.2 Å². The molecule has 0 aliphatic carbocycles. The van der Waals surface area contributed by atoms with Crippen LogP contribution in [0.15, 0.2) is 12.7 Å². The van der Waals surface area contributed by atoms with Crippen LogP contribution in [0.2, 0.25) is 0 Å². The quantitative estimate of drug-likeness (QED) is 0.216. The van der Waals surface area contributed by atoms with Gasteiger partial charge in [-0.1, -0.05) is 6.58 Å². The first-order chi connectivity index (χ1) is 12.2. The summed E-state index contributed by atoms with van der Waals surface area (Å²) in [6, 6.07) is 0. The molecule has 1 aliphatic rings. The fraction of sp³-hybridized carbons (Fsp3) is 0.692. The van der Waals surface area contributed by atoms with Gasteiger partial charge in [-0.2, -0.15) is 30.4 Å². The number of ether oxygens (including phenoxy) is 2. The molecule has 1 atom stereocenters. The lowest BCUT2D eigenvalue weighted by Gasteiger charge is -2.38. The Morgan fingerprint density at radius 3 is 2.04 bits per heavy atom. The average molecular weight is 425 g/mol. The first-order valence-corrected chi connectivity index (χ1v) is 8.82. The Labute approximate surface area is 150 Å². The Bertz CT molecular complexity index is 688. The molecule has 0 aromatic heterocycles. The lowest BCUT2D eigenvalue weighted by atomic mass is 10.1. The van der Waals surface area contributed by atoms with Crippen LogP contribution in [0, 0.1) is 0 Å². The van der Waals surface area contributed by atoms with Gasteiger partial charge in [-0.15, -0.1) is 0 Å². The maximum absolute atomic E-state index is 13.6. The summed E-state index contributed by atoms with van der Waals surface area (Å²) in [5, 5.41) is -5.20. The van der Waals surface area contributed by atoms with Gasteiger partial charge in [0.2, 0.25) is 0 Å². The third-order valence-electron chi connectivity index (χ3n) is 3.53. The molecule has 0 aromatic carbocycles. The van der Waals surface area contributed by atoms with Crippen LogP contribution < -0.4 is 0 Å². The van der Waals surface area contributed by atoms with Crippen LogP contribution in [0.3, 0.4) is 0 Å². The van der Waals surface area contributed by atoms with Crippen molar-refractivity contribution >= 4 is 22.0 Å². The van der Waals surface area contributed by atoms with Crippen molar-refractivity contribution in [2.24, 2.45) is 0 Å². The third-order valence-corrected chi connectivity index (χ3v) is 4.40. The fourth-order valence-electron chi connectivity index (χ4n) is 2.14. The molecule has 0 aromatic rings. The van der Waals surface area contributed by atoms with Crippen molar-refractivity contribution in [3.63, 3.8) is 0 Å². The summed E-state index contributed by atoms with van der Waals surface area (Å²) >= 11 is 0. The van der Waals surface area contributed by atoms with E-state index in [4.69, 9.17) is 4.55 Å². The second-order valence-electron chi connectivity index (χ2n) is 5.49. The first-order valence-electron chi connectivity index (χ1n) is 7.38. The van der Waals surface area contributed by atoms with E-state index in [1.807, 2.05) is 0 Å². The smallest absolute Gasteiger partial charge is 0.412 e. The number of rotatable bonds is 7. The summed E-state index contributed by atoms with van der Waals surface area (Å²) in [6.45, 7) is -0.150. The van der Waals surface area contributed by atoms with E-state index in [2.05, 4.69) is 16.1 Å². The van der Waals surface area contributed by atoms with Crippen molar-refractivity contribution in [1.82, 2.24) is 4.90 Å². The van der Waals surface area contributed by atoms with E-state index in [1.165, 1.54) is 0 Å². The molecule has 0 spiro atoms. The number of hydrogen-bond acceptors (Lipinski definition) is 6. The molecule has 1 unspecified atom stereocenters. The van der Waals surface area contributed by atoms with Gasteiger partial charge in [-0.05, 0) is 19.3 Å². The van der Waals surface area contributed by atoms with Gasteiger partial charge in [0, 0.05) is 19.2 Å². The highest BCUT2D eigenvalue weighted by molar-refractivity contribution is 7.86. The summed E-state index contributed by atoms with van der Waals surface area (Å²) in [7, 11) is -6.17. The largest absolute Gasteiger partial charge is 0.466 e. The van der Waals surface area contributed by atoms with E-state index in [1.54, 1.807) is 0 Å². The highest BCUT2D eigenvalue weighted by Gasteiger charge is 2.68. The molecule has 0 saturated carbocycles. The van der Waals surface area contributed by atoms with Crippen molar-refractivity contribution < 1.29 is 54.0 Å². The van der Waals surface area contributed by atoms with Crippen molar-refractivity contribution in [3.8, 4) is 0 Å². The van der Waals surface area contributed by atoms with Gasteiger partial charge in [0.1, 0.15) is 6.61 Å². The number of likely N-dealkylation sites (tertiary alicyclic amines) is 1. The molecule has 1 rings (SSSR count). The lowest BCUT2D eigenvalue weighted by molar-refractivity contribution is -0.355. The van der Waals surface area contributed by atoms with E-state index in [9.17, 15) is 40.0 Å². The number of hydrogen-bond donors (Lipinski definition) is 1. The van der Waals surface area contributed by atoms with Crippen LogP contribution in [0.5, 0.6) is 0 Å². The number of halogens is 5. The highest BCUT2D eigenvalue weighted by Crippen LogP contribution is 2.39. The molecule has 8 nitrogen and oxygen atoms in total. The molecule has 1 heterocycles. The summed E-state index contributed by atoms with van der Waals surface area (Å²) in [5.74, 6) is -8.37. The van der Waals surface area contributed by atoms with Crippen molar-refractivity contribution in [2.45, 2.75) is 36.5 Å². The Morgan fingerprint density at radius 2 is 1.63 bits per heavy atom. The number of alkyl halides is 5. The van der Waals surface area contributed by atoms with Crippen LogP contribution in [-0.4, -0.2) is 66.7 Å². The molecule has 0 radical (unpaired) electrons. The fourth-order valence-corrected chi connectivity index (χ4v) is 2.35. The minimum Gasteiger partial charge on any atom is -0.412 e. The Hall–Kier alpha value is -1.80. The van der Waals surface area contributed by atoms with Gasteiger partial charge in [0.15, 0.2) is 0 Å². The zero-order chi connectivity index (χ0) is 21.1. The van der Waals surface area contributed by atoms with Crippen molar-refractivity contribution in [1.29, 1.82) is 0 Å². The topological polar surface area (TPSA) is 110 Å². The second-order valence-corrected chi connectivity index (χ2v) is 7.04. The van der Waals surface area contributed by atoms with Crippen LogP contribution in [0.25, 0.3) is 0 Å². The van der Waals surface area contributed by atoms with Crippen LogP contribution in [0.1, 0.15) is 19.3 Å². The highest BCUT2D eigenvalue weighted by atomic mass is 32.2. The molecule has 27 heavy (non-hydrogen) atoms. The monoisotopic (exact) mass is 425 g/mol. The number of piperidine rings is 1. The average Bonchev–Trinajstić information content (AvgIpc) is 2.56. The summed E-state index contributed by atoms with van der Waals surface area (Å²) < 4.78 is 105. The number of nitrogens with zero attached hydrogens (tertiary/aromatic N) is 1.